The Kier molecular flexibility index (Phi) is 11.9. The molecule has 0 bridgehead atoms. The highest BCUT2D eigenvalue weighted by molar-refractivity contribution is 5.75. The fourth-order valence-electron chi connectivity index (χ4n) is 5.75. The van der Waals surface area contributed by atoms with E-state index in [9.17, 15) is 14.7 Å². The average Bonchev–Trinajstić information content (AvgIpc) is 3.53. The number of nitrogens with zero attached hydrogens (tertiary/aromatic N) is 1. The van der Waals surface area contributed by atoms with Gasteiger partial charge in [0.15, 0.2) is 6.29 Å². The Morgan fingerprint density at radius 1 is 0.951 bits per heavy atom. The normalized spacial score (nSPS) is 21.2. The van der Waals surface area contributed by atoms with Gasteiger partial charge in [-0.1, -0.05) is 67.4 Å². The van der Waals surface area contributed by atoms with Crippen LogP contribution in [0.1, 0.15) is 92.4 Å². The van der Waals surface area contributed by atoms with Crippen LogP contribution in [0.3, 0.4) is 0 Å². The van der Waals surface area contributed by atoms with Crippen LogP contribution in [0, 0.1) is 0 Å². The fraction of sp³-hybridized carbons (Fsp3) is 0.515. The third kappa shape index (κ3) is 9.50. The van der Waals surface area contributed by atoms with Crippen LogP contribution < -0.4 is 5.32 Å². The lowest BCUT2D eigenvalue weighted by atomic mass is 9.99. The van der Waals surface area contributed by atoms with Gasteiger partial charge in [0.05, 0.1) is 18.8 Å². The van der Waals surface area contributed by atoms with Crippen molar-refractivity contribution in [1.82, 2.24) is 10.2 Å². The largest absolute Gasteiger partial charge is 0.481 e. The van der Waals surface area contributed by atoms with Gasteiger partial charge in [-0.2, -0.15) is 0 Å². The molecule has 2 aromatic carbocycles. The minimum Gasteiger partial charge on any atom is -0.481 e. The van der Waals surface area contributed by atoms with Crippen molar-refractivity contribution in [3.63, 3.8) is 0 Å². The van der Waals surface area contributed by atoms with Gasteiger partial charge in [0, 0.05) is 50.5 Å². The summed E-state index contributed by atoms with van der Waals surface area (Å²) >= 11 is 0. The molecule has 2 aliphatic rings. The summed E-state index contributed by atoms with van der Waals surface area (Å²) in [6.45, 7) is 6.06. The molecule has 1 aliphatic heterocycles. The molecule has 1 saturated heterocycles. The molecule has 0 radical (unpaired) electrons. The molecule has 0 unspecified atom stereocenters. The van der Waals surface area contributed by atoms with E-state index in [1.807, 2.05) is 54.6 Å². The number of carbonyl (C=O) groups is 2. The lowest BCUT2D eigenvalue weighted by Crippen LogP contribution is -2.43. The molecule has 8 nitrogen and oxygen atoms in total. The number of hydrogen-bond donors (Lipinski definition) is 3. The van der Waals surface area contributed by atoms with E-state index in [0.717, 1.165) is 41.8 Å². The Labute approximate surface area is 243 Å². The van der Waals surface area contributed by atoms with Crippen molar-refractivity contribution in [3.8, 4) is 0 Å². The second-order valence-corrected chi connectivity index (χ2v) is 11.2. The van der Waals surface area contributed by atoms with E-state index in [2.05, 4.69) is 16.8 Å². The van der Waals surface area contributed by atoms with Crippen molar-refractivity contribution in [2.24, 2.45) is 0 Å². The van der Waals surface area contributed by atoms with Crippen molar-refractivity contribution in [2.75, 3.05) is 13.1 Å². The summed E-state index contributed by atoms with van der Waals surface area (Å²) in [6.07, 6.45) is 8.48. The third-order valence-corrected chi connectivity index (χ3v) is 8.04. The summed E-state index contributed by atoms with van der Waals surface area (Å²) in [4.78, 5) is 25.3. The summed E-state index contributed by atoms with van der Waals surface area (Å²) in [5.41, 5.74) is 3.83. The topological polar surface area (TPSA) is 108 Å². The van der Waals surface area contributed by atoms with Gasteiger partial charge in [0.25, 0.3) is 0 Å². The molecule has 4 rings (SSSR count). The first-order chi connectivity index (χ1) is 19.9. The Balaban J connectivity index is 1.41. The highest BCUT2D eigenvalue weighted by Gasteiger charge is 2.34. The monoisotopic (exact) mass is 564 g/mol. The van der Waals surface area contributed by atoms with Crippen LogP contribution in [0.15, 0.2) is 61.2 Å². The van der Waals surface area contributed by atoms with Crippen LogP contribution in [0.4, 0.5) is 0 Å². The number of aliphatic carboxylic acids is 1. The number of carboxylic acid groups (broad SMARTS) is 1. The SMILES string of the molecule is C=CCN(C[C@@H]1C[C@H](c2ccc(CO)cc2)O[C@H](c2ccc(CNC(=O)CCCCC(=O)O)cc2)O1)C1CCCC1. The fourth-order valence-corrected chi connectivity index (χ4v) is 5.75. The van der Waals surface area contributed by atoms with Gasteiger partial charge in [-0.3, -0.25) is 14.5 Å². The van der Waals surface area contributed by atoms with E-state index in [4.69, 9.17) is 14.6 Å². The van der Waals surface area contributed by atoms with Crippen LogP contribution in [-0.2, 0) is 32.2 Å². The smallest absolute Gasteiger partial charge is 0.303 e. The second kappa shape index (κ2) is 15.8. The third-order valence-electron chi connectivity index (χ3n) is 8.04. The average molecular weight is 565 g/mol. The van der Waals surface area contributed by atoms with Crippen molar-refractivity contribution >= 4 is 11.9 Å². The molecule has 0 spiro atoms. The minimum atomic E-state index is -0.837. The molecule has 222 valence electrons. The van der Waals surface area contributed by atoms with Crippen molar-refractivity contribution in [1.29, 1.82) is 0 Å². The van der Waals surface area contributed by atoms with E-state index >= 15 is 0 Å². The number of amides is 1. The molecule has 1 saturated carbocycles. The summed E-state index contributed by atoms with van der Waals surface area (Å²) in [5, 5.41) is 21.1. The maximum absolute atomic E-state index is 12.1. The van der Waals surface area contributed by atoms with Gasteiger partial charge in [0.2, 0.25) is 5.91 Å². The minimum absolute atomic E-state index is 0.00952. The summed E-state index contributed by atoms with van der Waals surface area (Å²) in [7, 11) is 0. The maximum atomic E-state index is 12.1. The predicted molar refractivity (Wildman–Crippen MR) is 157 cm³/mol. The van der Waals surface area contributed by atoms with Crippen molar-refractivity contribution in [3.05, 3.63) is 83.4 Å². The van der Waals surface area contributed by atoms with Gasteiger partial charge in [0.1, 0.15) is 0 Å². The van der Waals surface area contributed by atoms with Gasteiger partial charge in [-0.05, 0) is 42.4 Å². The molecule has 3 N–H and O–H groups in total. The van der Waals surface area contributed by atoms with Crippen LogP contribution in [-0.4, -0.2) is 52.2 Å². The first kappa shape index (κ1) is 30.9. The standard InChI is InChI=1S/C33H44N2O6/c1-2-19-35(28-7-3-4-8-28)22-29-20-30(26-15-13-25(23-36)14-16-26)41-33(40-29)27-17-11-24(12-18-27)21-34-31(37)9-5-6-10-32(38)39/h2,11-18,28-30,33,36H,1,3-10,19-23H2,(H,34,37)(H,38,39)/t29-,30+,33+/m0/s1. The van der Waals surface area contributed by atoms with E-state index in [-0.39, 0.29) is 31.1 Å². The van der Waals surface area contributed by atoms with Crippen molar-refractivity contribution < 1.29 is 29.3 Å². The lowest BCUT2D eigenvalue weighted by Gasteiger charge is -2.39. The van der Waals surface area contributed by atoms with Crippen LogP contribution in [0.2, 0.25) is 0 Å². The van der Waals surface area contributed by atoms with E-state index in [1.165, 1.54) is 25.7 Å². The quantitative estimate of drug-likeness (QED) is 0.196. The number of aliphatic hydroxyl groups excluding tert-OH is 1. The van der Waals surface area contributed by atoms with Gasteiger partial charge >= 0.3 is 5.97 Å². The highest BCUT2D eigenvalue weighted by Crippen LogP contribution is 2.38. The molecule has 2 fully saturated rings. The molecule has 1 amide bonds. The van der Waals surface area contributed by atoms with Gasteiger partial charge in [-0.25, -0.2) is 0 Å². The Morgan fingerprint density at radius 3 is 2.27 bits per heavy atom. The maximum Gasteiger partial charge on any atom is 0.303 e. The molecule has 8 heteroatoms. The molecular weight excluding hydrogens is 520 g/mol. The Morgan fingerprint density at radius 2 is 1.61 bits per heavy atom. The van der Waals surface area contributed by atoms with E-state index in [1.54, 1.807) is 0 Å². The zero-order valence-electron chi connectivity index (χ0n) is 23.9. The van der Waals surface area contributed by atoms with Crippen LogP contribution in [0.25, 0.3) is 0 Å². The number of benzene rings is 2. The van der Waals surface area contributed by atoms with Crippen LogP contribution >= 0.6 is 0 Å². The first-order valence-electron chi connectivity index (χ1n) is 14.9. The number of carbonyl (C=O) groups excluding carboxylic acids is 1. The number of carboxylic acids is 1. The number of rotatable bonds is 15. The summed E-state index contributed by atoms with van der Waals surface area (Å²) < 4.78 is 13.1. The Hall–Kier alpha value is -3.04. The predicted octanol–water partition coefficient (Wildman–Crippen LogP) is 5.42. The number of ether oxygens (including phenoxy) is 2. The first-order valence-corrected chi connectivity index (χ1v) is 14.9. The summed E-state index contributed by atoms with van der Waals surface area (Å²) in [6, 6.07) is 16.4. The van der Waals surface area contributed by atoms with Crippen LogP contribution in [0.5, 0.6) is 0 Å². The molecule has 0 aromatic heterocycles. The number of unbranched alkanes of at least 4 members (excludes halogenated alkanes) is 1. The van der Waals surface area contributed by atoms with Crippen molar-refractivity contribution in [2.45, 2.75) is 95.5 Å². The number of hydrogen-bond acceptors (Lipinski definition) is 6. The molecular formula is C33H44N2O6. The molecule has 3 atom stereocenters. The molecule has 2 aromatic rings. The number of nitrogens with one attached hydrogen (secondary N) is 1. The molecule has 41 heavy (non-hydrogen) atoms. The zero-order valence-corrected chi connectivity index (χ0v) is 23.9. The van der Waals surface area contributed by atoms with Gasteiger partial charge in [-0.15, -0.1) is 6.58 Å². The number of aliphatic hydroxyl groups is 1. The molecule has 1 aliphatic carbocycles. The second-order valence-electron chi connectivity index (χ2n) is 11.2. The summed E-state index contributed by atoms with van der Waals surface area (Å²) in [5.74, 6) is -0.917. The van der Waals surface area contributed by atoms with Gasteiger partial charge < -0.3 is 25.0 Å². The Bertz CT molecular complexity index is 1110. The lowest BCUT2D eigenvalue weighted by molar-refractivity contribution is -0.253. The van der Waals surface area contributed by atoms with E-state index < -0.39 is 12.3 Å². The molecule has 1 heterocycles. The highest BCUT2D eigenvalue weighted by atomic mass is 16.7. The zero-order chi connectivity index (χ0) is 29.0. The van der Waals surface area contributed by atoms with E-state index in [0.29, 0.717) is 31.8 Å².